The monoisotopic (exact) mass is 395 g/mol. The van der Waals surface area contributed by atoms with Crippen molar-refractivity contribution in [2.24, 2.45) is 0 Å². The third-order valence-corrected chi connectivity index (χ3v) is 5.77. The molecule has 29 heavy (non-hydrogen) atoms. The Balaban J connectivity index is 1.65. The molecule has 2 aromatic heterocycles. The first-order chi connectivity index (χ1) is 13.6. The van der Waals surface area contributed by atoms with E-state index in [1.165, 1.54) is 12.3 Å². The Bertz CT molecular complexity index is 1090. The van der Waals surface area contributed by atoms with E-state index in [0.717, 1.165) is 0 Å². The van der Waals surface area contributed by atoms with Crippen LogP contribution in [0.15, 0.2) is 42.7 Å². The van der Waals surface area contributed by atoms with Gasteiger partial charge < -0.3 is 14.6 Å². The van der Waals surface area contributed by atoms with Crippen molar-refractivity contribution in [3.05, 3.63) is 59.7 Å². The minimum absolute atomic E-state index is 0.254. The number of hydrogen-bond acceptors (Lipinski definition) is 4. The van der Waals surface area contributed by atoms with Gasteiger partial charge in [0.15, 0.2) is 0 Å². The molecule has 1 aliphatic rings. The number of nitrogens with zero attached hydrogens (tertiary/aromatic N) is 2. The predicted octanol–water partition coefficient (Wildman–Crippen LogP) is 3.33. The number of aromatic nitrogens is 2. The van der Waals surface area contributed by atoms with Gasteiger partial charge in [0.1, 0.15) is 5.82 Å². The van der Waals surface area contributed by atoms with Gasteiger partial charge in [0.25, 0.3) is 5.91 Å². The summed E-state index contributed by atoms with van der Waals surface area (Å²) >= 11 is 0. The number of halogens is 1. The van der Waals surface area contributed by atoms with E-state index < -0.39 is 24.1 Å². The summed E-state index contributed by atoms with van der Waals surface area (Å²) in [7, 11) is -0.853. The standard InChI is InChI=1S/C21H23BFN3O3/c1-13-10-16(23)15(22-28-20(2,3)21(4,5)29-22)11-17(13)25-19(27)14-12-24-26-9-7-6-8-18(14)26/h6-12H,1-5H3,(H,25,27). The van der Waals surface area contributed by atoms with Gasteiger partial charge in [-0.05, 0) is 64.4 Å². The zero-order valence-electron chi connectivity index (χ0n) is 17.1. The predicted molar refractivity (Wildman–Crippen MR) is 110 cm³/mol. The quantitative estimate of drug-likeness (QED) is 0.691. The number of aryl methyl sites for hydroxylation is 1. The molecule has 0 atom stereocenters. The Morgan fingerprint density at radius 3 is 2.55 bits per heavy atom. The first-order valence-corrected chi connectivity index (χ1v) is 9.48. The van der Waals surface area contributed by atoms with Crippen LogP contribution in [0.25, 0.3) is 5.52 Å². The fourth-order valence-electron chi connectivity index (χ4n) is 3.27. The van der Waals surface area contributed by atoms with Crippen LogP contribution in [0.4, 0.5) is 10.1 Å². The molecule has 1 amide bonds. The molecule has 0 spiro atoms. The Hall–Kier alpha value is -2.71. The average Bonchev–Trinajstić information content (AvgIpc) is 3.15. The molecule has 0 aliphatic carbocycles. The molecule has 3 aromatic rings. The van der Waals surface area contributed by atoms with Crippen molar-refractivity contribution < 1.29 is 18.5 Å². The Morgan fingerprint density at radius 2 is 1.86 bits per heavy atom. The summed E-state index contributed by atoms with van der Waals surface area (Å²) in [6, 6.07) is 8.45. The number of benzene rings is 1. The summed E-state index contributed by atoms with van der Waals surface area (Å²) in [5, 5.41) is 7.05. The lowest BCUT2D eigenvalue weighted by atomic mass is 9.78. The van der Waals surface area contributed by atoms with Crippen LogP contribution in [0, 0.1) is 12.7 Å². The van der Waals surface area contributed by atoms with Gasteiger partial charge in [0.2, 0.25) is 0 Å². The normalized spacial score (nSPS) is 17.7. The van der Waals surface area contributed by atoms with Crippen molar-refractivity contribution in [1.29, 1.82) is 0 Å². The van der Waals surface area contributed by atoms with Gasteiger partial charge in [-0.3, -0.25) is 4.79 Å². The SMILES string of the molecule is Cc1cc(F)c(B2OC(C)(C)C(C)(C)O2)cc1NC(=O)c1cnn2ccccc12. The lowest BCUT2D eigenvalue weighted by Crippen LogP contribution is -2.41. The third-order valence-electron chi connectivity index (χ3n) is 5.77. The number of hydrogen-bond donors (Lipinski definition) is 1. The van der Waals surface area contributed by atoms with Crippen LogP contribution in [-0.4, -0.2) is 33.8 Å². The minimum atomic E-state index is -0.853. The summed E-state index contributed by atoms with van der Waals surface area (Å²) < 4.78 is 28.3. The fraction of sp³-hybridized carbons (Fsp3) is 0.333. The Morgan fingerprint density at radius 1 is 1.17 bits per heavy atom. The molecular weight excluding hydrogens is 372 g/mol. The smallest absolute Gasteiger partial charge is 0.399 e. The fourth-order valence-corrected chi connectivity index (χ4v) is 3.27. The van der Waals surface area contributed by atoms with Crippen molar-refractivity contribution >= 4 is 29.7 Å². The number of pyridine rings is 1. The first-order valence-electron chi connectivity index (χ1n) is 9.48. The molecule has 0 bridgehead atoms. The molecule has 6 nitrogen and oxygen atoms in total. The van der Waals surface area contributed by atoms with E-state index in [1.807, 2.05) is 45.9 Å². The Kier molecular flexibility index (Phi) is 4.51. The second-order valence-corrected chi connectivity index (χ2v) is 8.32. The van der Waals surface area contributed by atoms with E-state index in [9.17, 15) is 9.18 Å². The first kappa shape index (κ1) is 19.6. The molecule has 1 aromatic carbocycles. The maximum atomic E-state index is 14.7. The highest BCUT2D eigenvalue weighted by Crippen LogP contribution is 2.37. The number of nitrogens with one attached hydrogen (secondary N) is 1. The van der Waals surface area contributed by atoms with Crippen molar-refractivity contribution in [2.75, 3.05) is 5.32 Å². The van der Waals surface area contributed by atoms with Crippen LogP contribution < -0.4 is 10.8 Å². The van der Waals surface area contributed by atoms with E-state index in [0.29, 0.717) is 22.3 Å². The molecule has 4 rings (SSSR count). The van der Waals surface area contributed by atoms with Crippen molar-refractivity contribution in [1.82, 2.24) is 9.61 Å². The zero-order valence-corrected chi connectivity index (χ0v) is 17.1. The highest BCUT2D eigenvalue weighted by molar-refractivity contribution is 6.62. The second-order valence-electron chi connectivity index (χ2n) is 8.32. The van der Waals surface area contributed by atoms with Crippen molar-refractivity contribution in [3.63, 3.8) is 0 Å². The van der Waals surface area contributed by atoms with Gasteiger partial charge in [-0.25, -0.2) is 8.91 Å². The number of fused-ring (bicyclic) bond motifs is 1. The van der Waals surface area contributed by atoms with Gasteiger partial charge in [-0.2, -0.15) is 5.10 Å². The highest BCUT2D eigenvalue weighted by atomic mass is 19.1. The summed E-state index contributed by atoms with van der Waals surface area (Å²) in [4.78, 5) is 12.8. The third kappa shape index (κ3) is 3.32. The number of rotatable bonds is 3. The molecule has 8 heteroatoms. The molecule has 3 heterocycles. The molecular formula is C21H23BFN3O3. The molecule has 1 N–H and O–H groups in total. The van der Waals surface area contributed by atoms with Gasteiger partial charge in [-0.1, -0.05) is 6.07 Å². The Labute approximate surface area is 169 Å². The molecule has 1 saturated heterocycles. The topological polar surface area (TPSA) is 64.9 Å². The summed E-state index contributed by atoms with van der Waals surface area (Å²) in [6.45, 7) is 9.38. The summed E-state index contributed by atoms with van der Waals surface area (Å²) in [6.07, 6.45) is 3.28. The van der Waals surface area contributed by atoms with Crippen LogP contribution in [0.2, 0.25) is 0 Å². The van der Waals surface area contributed by atoms with Crippen molar-refractivity contribution in [2.45, 2.75) is 45.8 Å². The second kappa shape index (κ2) is 6.67. The van der Waals surface area contributed by atoms with Gasteiger partial charge in [-0.15, -0.1) is 0 Å². The number of anilines is 1. The molecule has 0 saturated carbocycles. The average molecular weight is 395 g/mol. The van der Waals surface area contributed by atoms with Gasteiger partial charge in [0, 0.05) is 17.3 Å². The summed E-state index contributed by atoms with van der Waals surface area (Å²) in [5.74, 6) is -0.754. The highest BCUT2D eigenvalue weighted by Gasteiger charge is 2.52. The number of carbonyl (C=O) groups excluding carboxylic acids is 1. The molecule has 0 unspecified atom stereocenters. The van der Waals surface area contributed by atoms with E-state index in [4.69, 9.17) is 9.31 Å². The molecule has 0 radical (unpaired) electrons. The van der Waals surface area contributed by atoms with Crippen molar-refractivity contribution in [3.8, 4) is 0 Å². The van der Waals surface area contributed by atoms with Crippen LogP contribution >= 0.6 is 0 Å². The van der Waals surface area contributed by atoms with Gasteiger partial charge in [0.05, 0.1) is 28.5 Å². The maximum absolute atomic E-state index is 14.7. The number of amides is 1. The van der Waals surface area contributed by atoms with Crippen LogP contribution in [0.5, 0.6) is 0 Å². The van der Waals surface area contributed by atoms with E-state index in [-0.39, 0.29) is 11.4 Å². The maximum Gasteiger partial charge on any atom is 0.497 e. The molecule has 150 valence electrons. The molecule has 1 fully saturated rings. The lowest BCUT2D eigenvalue weighted by Gasteiger charge is -2.32. The van der Waals surface area contributed by atoms with Crippen LogP contribution in [0.3, 0.4) is 0 Å². The van der Waals surface area contributed by atoms with Crippen LogP contribution in [-0.2, 0) is 9.31 Å². The van der Waals surface area contributed by atoms with E-state index in [2.05, 4.69) is 10.4 Å². The summed E-state index contributed by atoms with van der Waals surface area (Å²) in [5.41, 5.74) is 1.31. The molecule has 1 aliphatic heterocycles. The van der Waals surface area contributed by atoms with E-state index >= 15 is 0 Å². The van der Waals surface area contributed by atoms with Crippen LogP contribution in [0.1, 0.15) is 43.6 Å². The van der Waals surface area contributed by atoms with Gasteiger partial charge >= 0.3 is 7.12 Å². The largest absolute Gasteiger partial charge is 0.497 e. The van der Waals surface area contributed by atoms with E-state index in [1.54, 1.807) is 23.7 Å². The zero-order chi connectivity index (χ0) is 21.0. The minimum Gasteiger partial charge on any atom is -0.399 e. The lowest BCUT2D eigenvalue weighted by molar-refractivity contribution is 0.00578. The number of carbonyl (C=O) groups is 1.